The van der Waals surface area contributed by atoms with Gasteiger partial charge in [0.25, 0.3) is 0 Å². The second-order valence-corrected chi connectivity index (χ2v) is 8.64. The molecular weight excluding hydrogens is 437 g/mol. The number of anilines is 1. The maximum atomic E-state index is 14.5. The van der Waals surface area contributed by atoms with Crippen LogP contribution in [-0.2, 0) is 23.2 Å². The number of benzene rings is 1. The Labute approximate surface area is 195 Å². The molecule has 0 spiro atoms. The number of hydrogen-bond donors (Lipinski definition) is 3. The number of hydrogen-bond acceptors (Lipinski definition) is 5. The number of aryl methyl sites for hydroxylation is 1. The van der Waals surface area contributed by atoms with Crippen molar-refractivity contribution < 1.29 is 14.0 Å². The highest BCUT2D eigenvalue weighted by Gasteiger charge is 2.32. The summed E-state index contributed by atoms with van der Waals surface area (Å²) in [4.78, 5) is 38.4. The molecule has 10 heteroatoms. The van der Waals surface area contributed by atoms with Gasteiger partial charge < -0.3 is 25.1 Å². The molecule has 9 nitrogen and oxygen atoms in total. The molecule has 0 saturated carbocycles. The Bertz CT molecular complexity index is 1420. The highest BCUT2D eigenvalue weighted by atomic mass is 19.1. The van der Waals surface area contributed by atoms with Crippen molar-refractivity contribution in [1.82, 2.24) is 29.7 Å². The number of carbonyl (C=O) groups excluding carboxylic acids is 2. The van der Waals surface area contributed by atoms with Crippen LogP contribution in [0, 0.1) is 5.82 Å². The van der Waals surface area contributed by atoms with Crippen LogP contribution >= 0.6 is 0 Å². The van der Waals surface area contributed by atoms with Gasteiger partial charge in [0.2, 0.25) is 11.8 Å². The summed E-state index contributed by atoms with van der Waals surface area (Å²) >= 11 is 0. The lowest BCUT2D eigenvalue weighted by Crippen LogP contribution is -2.44. The van der Waals surface area contributed by atoms with Crippen molar-refractivity contribution in [2.75, 3.05) is 18.9 Å². The normalized spacial score (nSPS) is 15.9. The Morgan fingerprint density at radius 1 is 1.26 bits per heavy atom. The SMILES string of the molecule is CNc1nc2[nH]c(-c3cc(F)cc(CNC(=O)[C@H]4CCCN4C(C)=O)c3)cc2c2c1ncn2C. The zero-order chi connectivity index (χ0) is 24.0. The van der Waals surface area contributed by atoms with Crippen LogP contribution in [-0.4, -0.2) is 55.9 Å². The maximum absolute atomic E-state index is 14.5. The first-order chi connectivity index (χ1) is 16.4. The van der Waals surface area contributed by atoms with Gasteiger partial charge in [0.15, 0.2) is 5.82 Å². The predicted octanol–water partition coefficient (Wildman–Crippen LogP) is 2.92. The van der Waals surface area contributed by atoms with E-state index in [2.05, 4.69) is 25.6 Å². The third-order valence-electron chi connectivity index (χ3n) is 6.37. The van der Waals surface area contributed by atoms with Crippen molar-refractivity contribution in [3.05, 3.63) is 42.0 Å². The van der Waals surface area contributed by atoms with Gasteiger partial charge in [-0.15, -0.1) is 0 Å². The Kier molecular flexibility index (Phi) is 5.43. The minimum Gasteiger partial charge on any atom is -0.371 e. The van der Waals surface area contributed by atoms with Crippen LogP contribution < -0.4 is 10.6 Å². The fourth-order valence-electron chi connectivity index (χ4n) is 4.76. The molecule has 1 aromatic carbocycles. The Balaban J connectivity index is 1.44. The summed E-state index contributed by atoms with van der Waals surface area (Å²) in [5, 5.41) is 6.81. The van der Waals surface area contributed by atoms with Crippen molar-refractivity contribution in [3.8, 4) is 11.3 Å². The molecule has 4 aromatic rings. The average molecular weight is 464 g/mol. The van der Waals surface area contributed by atoms with Crippen molar-refractivity contribution in [2.45, 2.75) is 32.4 Å². The number of aromatic amines is 1. The number of amides is 2. The van der Waals surface area contributed by atoms with E-state index in [1.807, 2.05) is 23.7 Å². The third-order valence-corrected chi connectivity index (χ3v) is 6.37. The molecule has 2 amide bonds. The van der Waals surface area contributed by atoms with Crippen LogP contribution in [0.1, 0.15) is 25.3 Å². The van der Waals surface area contributed by atoms with Gasteiger partial charge in [-0.2, -0.15) is 0 Å². The molecule has 176 valence electrons. The van der Waals surface area contributed by atoms with Crippen LogP contribution in [0.4, 0.5) is 10.2 Å². The van der Waals surface area contributed by atoms with Crippen molar-refractivity contribution in [2.24, 2.45) is 7.05 Å². The molecule has 5 rings (SSSR count). The van der Waals surface area contributed by atoms with E-state index in [-0.39, 0.29) is 18.4 Å². The number of halogens is 1. The van der Waals surface area contributed by atoms with E-state index in [1.165, 1.54) is 19.1 Å². The van der Waals surface area contributed by atoms with Gasteiger partial charge in [-0.1, -0.05) is 0 Å². The van der Waals surface area contributed by atoms with Gasteiger partial charge in [0.1, 0.15) is 23.0 Å². The number of H-pyrrole nitrogens is 1. The molecule has 3 aromatic heterocycles. The van der Waals surface area contributed by atoms with Crippen LogP contribution in [0.15, 0.2) is 30.6 Å². The second kappa shape index (κ2) is 8.44. The van der Waals surface area contributed by atoms with E-state index in [9.17, 15) is 14.0 Å². The van der Waals surface area contributed by atoms with E-state index < -0.39 is 11.9 Å². The topological polar surface area (TPSA) is 108 Å². The quantitative estimate of drug-likeness (QED) is 0.422. The molecule has 0 bridgehead atoms. The molecule has 1 aliphatic rings. The Morgan fingerprint density at radius 2 is 2.09 bits per heavy atom. The Morgan fingerprint density at radius 3 is 2.85 bits per heavy atom. The number of nitrogens with one attached hydrogen (secondary N) is 3. The molecular formula is C24H26FN7O2. The van der Waals surface area contributed by atoms with E-state index in [0.717, 1.165) is 22.8 Å². The first-order valence-corrected chi connectivity index (χ1v) is 11.2. The highest BCUT2D eigenvalue weighted by Crippen LogP contribution is 2.32. The molecule has 1 aliphatic heterocycles. The number of imidazole rings is 1. The van der Waals surface area contributed by atoms with Crippen LogP contribution in [0.3, 0.4) is 0 Å². The fraction of sp³-hybridized carbons (Fsp3) is 0.333. The summed E-state index contributed by atoms with van der Waals surface area (Å²) in [5.41, 5.74) is 4.34. The first-order valence-electron chi connectivity index (χ1n) is 11.2. The summed E-state index contributed by atoms with van der Waals surface area (Å²) in [6.45, 7) is 2.23. The first kappa shape index (κ1) is 21.9. The fourth-order valence-corrected chi connectivity index (χ4v) is 4.76. The van der Waals surface area contributed by atoms with Crippen LogP contribution in [0.5, 0.6) is 0 Å². The van der Waals surface area contributed by atoms with E-state index in [0.29, 0.717) is 41.3 Å². The lowest BCUT2D eigenvalue weighted by molar-refractivity contribution is -0.136. The average Bonchev–Trinajstić information content (AvgIpc) is 3.54. The molecule has 1 fully saturated rings. The molecule has 1 saturated heterocycles. The van der Waals surface area contributed by atoms with Gasteiger partial charge >= 0.3 is 0 Å². The lowest BCUT2D eigenvalue weighted by Gasteiger charge is -2.22. The molecule has 0 unspecified atom stereocenters. The van der Waals surface area contributed by atoms with E-state index in [1.54, 1.807) is 18.3 Å². The third kappa shape index (κ3) is 3.74. The van der Waals surface area contributed by atoms with Gasteiger partial charge in [-0.3, -0.25) is 9.59 Å². The number of rotatable bonds is 5. The minimum absolute atomic E-state index is 0.109. The summed E-state index contributed by atoms with van der Waals surface area (Å²) in [7, 11) is 3.71. The monoisotopic (exact) mass is 463 g/mol. The summed E-state index contributed by atoms with van der Waals surface area (Å²) in [6, 6.07) is 6.16. The minimum atomic E-state index is -0.465. The van der Waals surface area contributed by atoms with Crippen LogP contribution in [0.25, 0.3) is 33.3 Å². The lowest BCUT2D eigenvalue weighted by atomic mass is 10.1. The van der Waals surface area contributed by atoms with Crippen molar-refractivity contribution in [1.29, 1.82) is 0 Å². The molecule has 0 radical (unpaired) electrons. The Hall–Kier alpha value is -3.95. The van der Waals surface area contributed by atoms with E-state index in [4.69, 9.17) is 0 Å². The van der Waals surface area contributed by atoms with Gasteiger partial charge in [0, 0.05) is 50.8 Å². The smallest absolute Gasteiger partial charge is 0.243 e. The summed E-state index contributed by atoms with van der Waals surface area (Å²) < 4.78 is 16.5. The molecule has 3 N–H and O–H groups in total. The van der Waals surface area contributed by atoms with Gasteiger partial charge in [-0.05, 0) is 42.7 Å². The predicted molar refractivity (Wildman–Crippen MR) is 128 cm³/mol. The largest absolute Gasteiger partial charge is 0.371 e. The summed E-state index contributed by atoms with van der Waals surface area (Å²) in [5.74, 6) is -0.0690. The number of likely N-dealkylation sites (tertiary alicyclic amines) is 1. The number of carbonyl (C=O) groups is 2. The number of fused-ring (bicyclic) bond motifs is 3. The number of aromatic nitrogens is 4. The molecule has 1 atom stereocenters. The van der Waals surface area contributed by atoms with Gasteiger partial charge in [0.05, 0.1) is 11.8 Å². The van der Waals surface area contributed by atoms with Crippen molar-refractivity contribution in [3.63, 3.8) is 0 Å². The zero-order valence-electron chi connectivity index (χ0n) is 19.3. The summed E-state index contributed by atoms with van der Waals surface area (Å²) in [6.07, 6.45) is 3.17. The highest BCUT2D eigenvalue weighted by molar-refractivity contribution is 6.07. The van der Waals surface area contributed by atoms with Crippen LogP contribution in [0.2, 0.25) is 0 Å². The standard InChI is InChI=1S/C24H26FN7O2/c1-13(33)32-6-4-5-19(32)24(34)27-11-14-7-15(9-16(25)8-14)18-10-17-21-20(28-12-31(21)3)23(26-2)30-22(17)29-18/h7-10,12,19H,4-6,11H2,1-3H3,(H,27,34)(H2,26,29,30)/t19-/m1/s1. The zero-order valence-corrected chi connectivity index (χ0v) is 19.3. The number of nitrogens with zero attached hydrogens (tertiary/aromatic N) is 4. The molecule has 0 aliphatic carbocycles. The number of pyridine rings is 1. The molecule has 4 heterocycles. The van der Waals surface area contributed by atoms with E-state index >= 15 is 0 Å². The maximum Gasteiger partial charge on any atom is 0.243 e. The van der Waals surface area contributed by atoms with Crippen molar-refractivity contribution >= 4 is 39.7 Å². The second-order valence-electron chi connectivity index (χ2n) is 8.64. The van der Waals surface area contributed by atoms with Gasteiger partial charge in [-0.25, -0.2) is 14.4 Å². The molecule has 34 heavy (non-hydrogen) atoms.